The van der Waals surface area contributed by atoms with Gasteiger partial charge in [0.05, 0.1) is 25.2 Å². The molecule has 5 rings (SSSR count). The van der Waals surface area contributed by atoms with E-state index >= 15 is 0 Å². The Bertz CT molecular complexity index is 1440. The highest BCUT2D eigenvalue weighted by Crippen LogP contribution is 2.42. The van der Waals surface area contributed by atoms with Gasteiger partial charge in [0, 0.05) is 69.8 Å². The van der Waals surface area contributed by atoms with Crippen molar-refractivity contribution >= 4 is 36.7 Å². The van der Waals surface area contributed by atoms with Gasteiger partial charge in [-0.3, -0.25) is 9.36 Å². The van der Waals surface area contributed by atoms with Gasteiger partial charge in [-0.1, -0.05) is 31.2 Å². The lowest BCUT2D eigenvalue weighted by atomic mass is 9.73. The molecule has 2 fully saturated rings. The second-order valence-corrected chi connectivity index (χ2v) is 18.4. The molecule has 3 aromatic rings. The van der Waals surface area contributed by atoms with Crippen LogP contribution in [0, 0.1) is 5.41 Å². The molecule has 40 heavy (non-hydrogen) atoms. The molecule has 218 valence electrons. The van der Waals surface area contributed by atoms with Crippen LogP contribution in [0.25, 0.3) is 22.2 Å². The Morgan fingerprint density at radius 3 is 2.60 bits per heavy atom. The fourth-order valence-corrected chi connectivity index (χ4v) is 6.88. The molecule has 2 saturated heterocycles. The van der Waals surface area contributed by atoms with Crippen molar-refractivity contribution in [1.29, 1.82) is 0 Å². The van der Waals surface area contributed by atoms with Crippen LogP contribution in [0.5, 0.6) is 5.88 Å². The topological polar surface area (TPSA) is 110 Å². The summed E-state index contributed by atoms with van der Waals surface area (Å²) in [7, 11) is 2.05. The van der Waals surface area contributed by atoms with Crippen molar-refractivity contribution in [3.63, 3.8) is 0 Å². The highest BCUT2D eigenvalue weighted by atomic mass is 35.5. The van der Waals surface area contributed by atoms with Crippen LogP contribution in [0.4, 0.5) is 5.95 Å². The van der Waals surface area contributed by atoms with Crippen LogP contribution in [0.3, 0.4) is 0 Å². The smallest absolute Gasteiger partial charge is 0.264 e. The molecule has 10 nitrogen and oxygen atoms in total. The van der Waals surface area contributed by atoms with Crippen LogP contribution in [-0.2, 0) is 23.3 Å². The normalized spacial score (nSPS) is 21.1. The number of hydrogen-bond donors (Lipinski definition) is 1. The summed E-state index contributed by atoms with van der Waals surface area (Å²) in [6.07, 6.45) is 5.38. The molecule has 2 atom stereocenters. The Morgan fingerprint density at radius 2 is 1.98 bits per heavy atom. The zero-order valence-corrected chi connectivity index (χ0v) is 26.1. The van der Waals surface area contributed by atoms with E-state index in [4.69, 9.17) is 36.5 Å². The average Bonchev–Trinajstić information content (AvgIpc) is 3.42. The van der Waals surface area contributed by atoms with E-state index in [1.807, 2.05) is 17.7 Å². The summed E-state index contributed by atoms with van der Waals surface area (Å²) in [6.45, 7) is 12.2. The molecule has 2 aliphatic rings. The van der Waals surface area contributed by atoms with Gasteiger partial charge in [-0.25, -0.2) is 4.98 Å². The van der Waals surface area contributed by atoms with Crippen LogP contribution in [0.2, 0.25) is 30.7 Å². The molecular formula is C28H41ClN6O4Si. The molecule has 0 bridgehead atoms. The summed E-state index contributed by atoms with van der Waals surface area (Å²) in [6, 6.07) is 2.86. The highest BCUT2D eigenvalue weighted by Gasteiger charge is 2.47. The molecule has 0 amide bonds. The first kappa shape index (κ1) is 29.1. The number of methoxy groups -OCH3 is 1. The van der Waals surface area contributed by atoms with Gasteiger partial charge in [-0.05, 0) is 31.9 Å². The minimum absolute atomic E-state index is 0.0177. The van der Waals surface area contributed by atoms with Crippen molar-refractivity contribution in [1.82, 2.24) is 19.1 Å². The third-order valence-corrected chi connectivity index (χ3v) is 10.6. The Hall–Kier alpha value is -2.44. The monoisotopic (exact) mass is 588 g/mol. The minimum Gasteiger partial charge on any atom is -0.480 e. The largest absolute Gasteiger partial charge is 0.480 e. The molecule has 0 unspecified atom stereocenters. The van der Waals surface area contributed by atoms with E-state index in [2.05, 4.69) is 29.5 Å². The lowest BCUT2D eigenvalue weighted by molar-refractivity contribution is 0.0899. The van der Waals surface area contributed by atoms with E-state index in [1.54, 1.807) is 23.9 Å². The van der Waals surface area contributed by atoms with Crippen molar-refractivity contribution in [2.45, 2.75) is 64.3 Å². The predicted octanol–water partition coefficient (Wildman–Crippen LogP) is 4.10. The van der Waals surface area contributed by atoms with Gasteiger partial charge < -0.3 is 29.4 Å². The minimum atomic E-state index is -1.25. The van der Waals surface area contributed by atoms with Gasteiger partial charge in [0.15, 0.2) is 5.65 Å². The Labute approximate surface area is 241 Å². The molecule has 2 N–H and O–H groups in total. The summed E-state index contributed by atoms with van der Waals surface area (Å²) < 4.78 is 20.9. The summed E-state index contributed by atoms with van der Waals surface area (Å²) in [5.41, 5.74) is 8.29. The quantitative estimate of drug-likeness (QED) is 0.309. The van der Waals surface area contributed by atoms with E-state index in [9.17, 15) is 4.79 Å². The summed E-state index contributed by atoms with van der Waals surface area (Å²) in [5, 5.41) is 0.837. The van der Waals surface area contributed by atoms with Crippen LogP contribution in [0.1, 0.15) is 19.8 Å². The molecule has 3 aromatic heterocycles. The summed E-state index contributed by atoms with van der Waals surface area (Å²) in [5.74, 6) is 0.942. The number of piperidine rings is 1. The van der Waals surface area contributed by atoms with Crippen LogP contribution in [0.15, 0.2) is 23.3 Å². The fraction of sp³-hybridized carbons (Fsp3) is 0.607. The molecule has 0 aliphatic carbocycles. The fourth-order valence-electron chi connectivity index (χ4n) is 5.83. The third-order valence-electron chi connectivity index (χ3n) is 8.53. The number of nitrogens with two attached hydrogens (primary N) is 1. The maximum atomic E-state index is 14.0. The standard InChI is InChI=1S/C28H41ClN6O4Si/c1-18-23(30)28(16-39-18)8-11-34(12-9-28)27-32-24-21(26(36)33(27)2)20(19-7-10-31-25(37-3)22(19)29)15-35(24)17-38-13-14-40(4,5)6/h7,10,15,18,23H,8-9,11-14,16-17,30H2,1-6H3/t18-,23+/m0/s1. The lowest BCUT2D eigenvalue weighted by Gasteiger charge is -2.41. The number of aromatic nitrogens is 4. The van der Waals surface area contributed by atoms with Gasteiger partial charge in [-0.15, -0.1) is 0 Å². The lowest BCUT2D eigenvalue weighted by Crippen LogP contribution is -2.51. The maximum absolute atomic E-state index is 14.0. The molecule has 0 aromatic carbocycles. The molecule has 0 radical (unpaired) electrons. The zero-order chi connectivity index (χ0) is 28.8. The second-order valence-electron chi connectivity index (χ2n) is 12.4. The highest BCUT2D eigenvalue weighted by molar-refractivity contribution is 6.76. The number of nitrogens with zero attached hydrogens (tertiary/aromatic N) is 5. The van der Waals surface area contributed by atoms with Crippen molar-refractivity contribution in [3.05, 3.63) is 33.8 Å². The van der Waals surface area contributed by atoms with E-state index in [0.29, 0.717) is 52.2 Å². The summed E-state index contributed by atoms with van der Waals surface area (Å²) >= 11 is 6.68. The van der Waals surface area contributed by atoms with E-state index in [1.165, 1.54) is 7.11 Å². The van der Waals surface area contributed by atoms with Crippen LogP contribution < -0.4 is 20.9 Å². The van der Waals surface area contributed by atoms with Gasteiger partial charge in [0.1, 0.15) is 11.8 Å². The predicted molar refractivity (Wildman–Crippen MR) is 161 cm³/mol. The molecule has 2 aliphatic heterocycles. The van der Waals surface area contributed by atoms with Gasteiger partial charge in [0.25, 0.3) is 5.56 Å². The number of hydrogen-bond acceptors (Lipinski definition) is 8. The first-order chi connectivity index (χ1) is 19.0. The second kappa shape index (κ2) is 11.1. The average molecular weight is 589 g/mol. The van der Waals surface area contributed by atoms with Crippen molar-refractivity contribution in [2.75, 3.05) is 38.3 Å². The summed E-state index contributed by atoms with van der Waals surface area (Å²) in [4.78, 5) is 25.5. The number of anilines is 1. The van der Waals surface area contributed by atoms with Gasteiger partial charge >= 0.3 is 0 Å². The molecule has 5 heterocycles. The first-order valence-electron chi connectivity index (χ1n) is 13.9. The Morgan fingerprint density at radius 1 is 1.25 bits per heavy atom. The van der Waals surface area contributed by atoms with Gasteiger partial charge in [0.2, 0.25) is 11.8 Å². The third kappa shape index (κ3) is 5.29. The number of halogens is 1. The number of fused-ring (bicyclic) bond motifs is 1. The molecule has 12 heteroatoms. The van der Waals surface area contributed by atoms with Gasteiger partial charge in [-0.2, -0.15) is 4.98 Å². The Kier molecular flexibility index (Phi) is 8.06. The van der Waals surface area contributed by atoms with E-state index in [0.717, 1.165) is 32.0 Å². The van der Waals surface area contributed by atoms with Crippen LogP contribution >= 0.6 is 11.6 Å². The SMILES string of the molecule is COc1nccc(-c2cn(COCC[Si](C)(C)C)c3nc(N4CCC5(CC4)CO[C@@H](C)[C@H]5N)n(C)c(=O)c23)c1Cl. The Balaban J connectivity index is 1.54. The van der Waals surface area contributed by atoms with Crippen molar-refractivity contribution < 1.29 is 14.2 Å². The van der Waals surface area contributed by atoms with Crippen molar-refractivity contribution in [2.24, 2.45) is 18.2 Å². The zero-order valence-electron chi connectivity index (χ0n) is 24.4. The molecule has 1 spiro atoms. The molecular weight excluding hydrogens is 548 g/mol. The molecule has 0 saturated carbocycles. The maximum Gasteiger partial charge on any atom is 0.264 e. The van der Waals surface area contributed by atoms with E-state index in [-0.39, 0.29) is 29.9 Å². The number of pyridine rings is 1. The van der Waals surface area contributed by atoms with Crippen molar-refractivity contribution in [3.8, 4) is 17.0 Å². The van der Waals surface area contributed by atoms with Crippen LogP contribution in [-0.4, -0.2) is 72.7 Å². The number of ether oxygens (including phenoxy) is 3. The number of rotatable bonds is 8. The first-order valence-corrected chi connectivity index (χ1v) is 18.0. The van der Waals surface area contributed by atoms with E-state index < -0.39 is 8.07 Å².